The van der Waals surface area contributed by atoms with Crippen molar-refractivity contribution in [2.75, 3.05) is 26.7 Å². The van der Waals surface area contributed by atoms with Crippen molar-refractivity contribution >= 4 is 0 Å². The minimum Gasteiger partial charge on any atom is -0.394 e. The maximum absolute atomic E-state index is 11.3. The van der Waals surface area contributed by atoms with E-state index in [-0.39, 0.29) is 18.9 Å². The molecule has 41 heavy (non-hydrogen) atoms. The SMILES string of the molecule is CNC1C(O[C@H]2OC(CO)[C@@H](NC3CNC3)C(O)C2O)O[C@H]2CC(N)[C@@H](O[C@@H]3C(N)C[C@@H](N)C(O)C3O)OC2C1O. The Hall–Kier alpha value is -0.680. The van der Waals surface area contributed by atoms with Crippen molar-refractivity contribution < 1.29 is 54.3 Å². The third-order valence-electron chi connectivity index (χ3n) is 8.90. The smallest absolute Gasteiger partial charge is 0.189 e. The lowest BCUT2D eigenvalue weighted by molar-refractivity contribution is -0.374. The molecule has 15 N–H and O–H groups in total. The number of fused-ring (bicyclic) bond motifs is 1. The van der Waals surface area contributed by atoms with Crippen molar-refractivity contribution in [3.05, 3.63) is 0 Å². The second-order valence-corrected chi connectivity index (χ2v) is 11.8. The van der Waals surface area contributed by atoms with E-state index in [1.165, 1.54) is 0 Å². The van der Waals surface area contributed by atoms with Crippen LogP contribution in [0, 0.1) is 0 Å². The summed E-state index contributed by atoms with van der Waals surface area (Å²) in [5.74, 6) is 0. The van der Waals surface area contributed by atoms with Gasteiger partial charge in [0, 0.05) is 31.2 Å². The molecular formula is C24H46N6O11. The molecule has 0 aromatic heterocycles. The Morgan fingerprint density at radius 3 is 2.12 bits per heavy atom. The quantitative estimate of drug-likeness (QED) is 0.124. The predicted octanol–water partition coefficient (Wildman–Crippen LogP) is -7.35. The topological polar surface area (TPSA) is 282 Å². The molecule has 0 radical (unpaired) electrons. The number of nitrogens with two attached hydrogens (primary N) is 3. The first kappa shape index (κ1) is 31.7. The molecule has 17 heteroatoms. The maximum atomic E-state index is 11.3. The molecule has 238 valence electrons. The molecule has 0 bridgehead atoms. The molecule has 5 rings (SSSR count). The highest BCUT2D eigenvalue weighted by atomic mass is 16.8. The van der Waals surface area contributed by atoms with Crippen molar-refractivity contribution in [3.8, 4) is 0 Å². The fourth-order valence-electron chi connectivity index (χ4n) is 6.31. The van der Waals surface area contributed by atoms with Gasteiger partial charge >= 0.3 is 0 Å². The van der Waals surface area contributed by atoms with Gasteiger partial charge in [-0.25, -0.2) is 0 Å². The monoisotopic (exact) mass is 594 g/mol. The van der Waals surface area contributed by atoms with Crippen molar-refractivity contribution in [2.45, 2.75) is 123 Å². The van der Waals surface area contributed by atoms with Crippen molar-refractivity contribution in [1.29, 1.82) is 0 Å². The second-order valence-electron chi connectivity index (χ2n) is 11.8. The molecule has 0 amide bonds. The van der Waals surface area contributed by atoms with E-state index in [1.807, 2.05) is 0 Å². The van der Waals surface area contributed by atoms with Gasteiger partial charge in [0.05, 0.1) is 36.9 Å². The predicted molar refractivity (Wildman–Crippen MR) is 139 cm³/mol. The summed E-state index contributed by atoms with van der Waals surface area (Å²) in [4.78, 5) is 0. The number of rotatable bonds is 8. The lowest BCUT2D eigenvalue weighted by Crippen LogP contribution is -2.71. The van der Waals surface area contributed by atoms with E-state index >= 15 is 0 Å². The largest absolute Gasteiger partial charge is 0.394 e. The summed E-state index contributed by atoms with van der Waals surface area (Å²) in [6.45, 7) is 0.956. The first-order valence-corrected chi connectivity index (χ1v) is 14.2. The van der Waals surface area contributed by atoms with Gasteiger partial charge in [0.15, 0.2) is 18.9 Å². The van der Waals surface area contributed by atoms with Crippen LogP contribution in [0.4, 0.5) is 0 Å². The molecule has 4 saturated heterocycles. The minimum absolute atomic E-state index is 0.0717. The molecule has 4 heterocycles. The third-order valence-corrected chi connectivity index (χ3v) is 8.90. The summed E-state index contributed by atoms with van der Waals surface area (Å²) in [5.41, 5.74) is 18.3. The van der Waals surface area contributed by atoms with Gasteiger partial charge in [-0.05, 0) is 19.9 Å². The van der Waals surface area contributed by atoms with Crippen LogP contribution in [-0.4, -0.2) is 167 Å². The van der Waals surface area contributed by atoms with E-state index in [0.717, 1.165) is 0 Å². The van der Waals surface area contributed by atoms with Gasteiger partial charge in [-0.1, -0.05) is 0 Å². The molecule has 5 fully saturated rings. The van der Waals surface area contributed by atoms with Crippen LogP contribution in [0.1, 0.15) is 12.8 Å². The molecule has 17 nitrogen and oxygen atoms in total. The highest BCUT2D eigenvalue weighted by molar-refractivity contribution is 5.02. The summed E-state index contributed by atoms with van der Waals surface area (Å²) in [6, 6.07) is -3.65. The number of aliphatic hydroxyl groups is 6. The van der Waals surface area contributed by atoms with Gasteiger partial charge < -0.3 is 87.5 Å². The molecule has 17 atom stereocenters. The number of hydrogen-bond acceptors (Lipinski definition) is 17. The summed E-state index contributed by atoms with van der Waals surface area (Å²) in [7, 11) is 1.58. The average Bonchev–Trinajstić information content (AvgIpc) is 2.91. The Morgan fingerprint density at radius 2 is 1.49 bits per heavy atom. The zero-order valence-corrected chi connectivity index (χ0v) is 22.9. The third kappa shape index (κ3) is 6.29. The fourth-order valence-corrected chi connectivity index (χ4v) is 6.31. The number of ether oxygens (including phenoxy) is 5. The van der Waals surface area contributed by atoms with Crippen LogP contribution in [0.2, 0.25) is 0 Å². The van der Waals surface area contributed by atoms with Crippen LogP contribution >= 0.6 is 0 Å². The standard InChI is InChI=1S/C24H46N6O11/c1-28-14-17(34)21-11(3-10(27)22(40-21)39-20-9(26)2-8(25)15(32)18(20)35)37-23(14)41-24-19(36)16(33)13(12(6-31)38-24)30-7-4-29-5-7/h7-24,28-36H,2-6,25-27H2,1H3/t8-,9?,10?,11+,12?,13-,14?,15?,16?,17?,18?,19?,20-,21?,22+,23?,24-/m1/s1. The fraction of sp³-hybridized carbons (Fsp3) is 1.00. The van der Waals surface area contributed by atoms with E-state index in [2.05, 4.69) is 16.0 Å². The summed E-state index contributed by atoms with van der Waals surface area (Å²) >= 11 is 0. The van der Waals surface area contributed by atoms with Crippen molar-refractivity contribution in [3.63, 3.8) is 0 Å². The summed E-state index contributed by atoms with van der Waals surface area (Å²) in [5, 5.41) is 72.8. The minimum atomic E-state index is -1.48. The number of likely N-dealkylation sites (N-methyl/N-ethyl adjacent to an activating group) is 1. The molecule has 0 aromatic carbocycles. The lowest BCUT2D eigenvalue weighted by atomic mass is 9.84. The van der Waals surface area contributed by atoms with Crippen LogP contribution in [0.5, 0.6) is 0 Å². The molecule has 1 saturated carbocycles. The molecule has 0 aromatic rings. The first-order chi connectivity index (χ1) is 19.5. The van der Waals surface area contributed by atoms with Crippen molar-refractivity contribution in [2.24, 2.45) is 17.2 Å². The lowest BCUT2D eigenvalue weighted by Gasteiger charge is -2.51. The van der Waals surface area contributed by atoms with Crippen LogP contribution < -0.4 is 33.2 Å². The number of aliphatic hydroxyl groups excluding tert-OH is 6. The van der Waals surface area contributed by atoms with Crippen LogP contribution in [0.15, 0.2) is 0 Å². The molecule has 4 aliphatic heterocycles. The molecule has 5 aliphatic rings. The Morgan fingerprint density at radius 1 is 0.756 bits per heavy atom. The van der Waals surface area contributed by atoms with Gasteiger partial charge in [0.25, 0.3) is 0 Å². The van der Waals surface area contributed by atoms with E-state index in [0.29, 0.717) is 13.1 Å². The van der Waals surface area contributed by atoms with Gasteiger partial charge in [-0.15, -0.1) is 0 Å². The van der Waals surface area contributed by atoms with E-state index in [4.69, 9.17) is 40.9 Å². The normalized spacial score (nSPS) is 53.0. The van der Waals surface area contributed by atoms with Gasteiger partial charge in [0.2, 0.25) is 0 Å². The first-order valence-electron chi connectivity index (χ1n) is 14.2. The Labute approximate surface area is 237 Å². The second kappa shape index (κ2) is 13.1. The van der Waals surface area contributed by atoms with Gasteiger partial charge in [-0.3, -0.25) is 0 Å². The highest BCUT2D eigenvalue weighted by Crippen LogP contribution is 2.35. The maximum Gasteiger partial charge on any atom is 0.189 e. The zero-order chi connectivity index (χ0) is 29.6. The van der Waals surface area contributed by atoms with Gasteiger partial charge in [-0.2, -0.15) is 0 Å². The summed E-state index contributed by atoms with van der Waals surface area (Å²) < 4.78 is 29.9. The Bertz CT molecular complexity index is 861. The van der Waals surface area contributed by atoms with Gasteiger partial charge in [0.1, 0.15) is 42.7 Å². The van der Waals surface area contributed by atoms with Crippen molar-refractivity contribution in [1.82, 2.24) is 16.0 Å². The number of hydrogen-bond donors (Lipinski definition) is 12. The van der Waals surface area contributed by atoms with Crippen LogP contribution in [0.25, 0.3) is 0 Å². The molecule has 1 aliphatic carbocycles. The number of nitrogens with one attached hydrogen (secondary N) is 3. The highest BCUT2D eigenvalue weighted by Gasteiger charge is 2.54. The average molecular weight is 595 g/mol. The summed E-state index contributed by atoms with van der Waals surface area (Å²) in [6.07, 6.45) is -13.3. The van der Waals surface area contributed by atoms with E-state index < -0.39 is 111 Å². The Balaban J connectivity index is 1.23. The van der Waals surface area contributed by atoms with Crippen LogP contribution in [-0.2, 0) is 23.7 Å². The van der Waals surface area contributed by atoms with Crippen LogP contribution in [0.3, 0.4) is 0 Å². The van der Waals surface area contributed by atoms with E-state index in [9.17, 15) is 30.6 Å². The molecule has 0 spiro atoms. The Kier molecular flexibility index (Phi) is 10.2. The molecule has 11 unspecified atom stereocenters. The zero-order valence-electron chi connectivity index (χ0n) is 22.9. The molecular weight excluding hydrogens is 548 g/mol. The van der Waals surface area contributed by atoms with E-state index in [1.54, 1.807) is 7.05 Å².